The molecular weight excluding hydrogens is 325 g/mol. The lowest BCUT2D eigenvalue weighted by Gasteiger charge is -2.20. The van der Waals surface area contributed by atoms with Gasteiger partial charge in [0.2, 0.25) is 0 Å². The molecule has 0 N–H and O–H groups in total. The molecule has 0 saturated carbocycles. The van der Waals surface area contributed by atoms with Gasteiger partial charge in [0.15, 0.2) is 0 Å². The van der Waals surface area contributed by atoms with E-state index in [0.29, 0.717) is 6.54 Å². The molecule has 0 amide bonds. The van der Waals surface area contributed by atoms with E-state index in [1.807, 2.05) is 13.2 Å². The highest BCUT2D eigenvalue weighted by molar-refractivity contribution is 5.87. The van der Waals surface area contributed by atoms with Crippen LogP contribution in [-0.4, -0.2) is 16.6 Å². The summed E-state index contributed by atoms with van der Waals surface area (Å²) in [5.41, 5.74) is 5.84. The maximum Gasteiger partial charge on any atom is 0.123 e. The molecule has 2 heterocycles. The highest BCUT2D eigenvalue weighted by Crippen LogP contribution is 2.28. The van der Waals surface area contributed by atoms with E-state index in [4.69, 9.17) is 0 Å². The van der Waals surface area contributed by atoms with Crippen molar-refractivity contribution in [1.29, 1.82) is 0 Å². The summed E-state index contributed by atoms with van der Waals surface area (Å²) in [5, 5.41) is 1.27. The first-order valence-corrected chi connectivity index (χ1v) is 7.93. The maximum absolute atomic E-state index is 13.1. The average Bonchev–Trinajstić information content (AvgIpc) is 2.80. The number of halogens is 2. The van der Waals surface area contributed by atoms with Gasteiger partial charge in [-0.1, -0.05) is 0 Å². The van der Waals surface area contributed by atoms with Gasteiger partial charge in [0, 0.05) is 36.6 Å². The van der Waals surface area contributed by atoms with Gasteiger partial charge in [0.25, 0.3) is 0 Å². The fraction of sp³-hybridized carbons (Fsp3) is 0.316. The van der Waals surface area contributed by atoms with Crippen molar-refractivity contribution in [1.82, 2.24) is 9.55 Å². The molecule has 0 radical (unpaired) electrons. The molecule has 0 aliphatic rings. The minimum Gasteiger partial charge on any atom is -0.369 e. The maximum atomic E-state index is 13.1. The number of aryl methyl sites for hydroxylation is 2. The normalized spacial score (nSPS) is 10.7. The van der Waals surface area contributed by atoms with Crippen molar-refractivity contribution in [2.24, 2.45) is 0 Å². The van der Waals surface area contributed by atoms with Gasteiger partial charge in [-0.25, -0.2) is 4.39 Å². The minimum atomic E-state index is -0.214. The number of fused-ring (bicyclic) bond motifs is 1. The summed E-state index contributed by atoms with van der Waals surface area (Å²) in [6.45, 7) is 8.09. The number of hydrogen-bond acceptors (Lipinski definition) is 2. The van der Waals surface area contributed by atoms with Crippen molar-refractivity contribution < 1.29 is 4.39 Å². The van der Waals surface area contributed by atoms with Crippen molar-refractivity contribution >= 4 is 29.0 Å². The lowest BCUT2D eigenvalue weighted by atomic mass is 10.1. The second-order valence-corrected chi connectivity index (χ2v) is 5.94. The van der Waals surface area contributed by atoms with E-state index in [1.165, 1.54) is 34.3 Å². The Kier molecular flexibility index (Phi) is 5.50. The molecule has 0 aliphatic heterocycles. The Balaban J connectivity index is 0.00000208. The summed E-state index contributed by atoms with van der Waals surface area (Å²) in [6, 6.07) is 8.66. The molecule has 3 aromatic rings. The van der Waals surface area contributed by atoms with Crippen LogP contribution in [0.1, 0.15) is 23.9 Å². The van der Waals surface area contributed by atoms with Crippen molar-refractivity contribution in [3.05, 3.63) is 59.3 Å². The van der Waals surface area contributed by atoms with Gasteiger partial charge < -0.3 is 9.47 Å². The Hall–Kier alpha value is -2.07. The van der Waals surface area contributed by atoms with E-state index in [9.17, 15) is 4.39 Å². The number of hydrogen-bond donors (Lipinski definition) is 0. The third kappa shape index (κ3) is 3.11. The smallest absolute Gasteiger partial charge is 0.123 e. The first-order chi connectivity index (χ1) is 11.0. The predicted octanol–water partition coefficient (Wildman–Crippen LogP) is 4.87. The molecule has 2 aromatic heterocycles. The van der Waals surface area contributed by atoms with Crippen molar-refractivity contribution in [2.75, 3.05) is 11.9 Å². The van der Waals surface area contributed by atoms with Crippen LogP contribution in [0.4, 0.5) is 10.1 Å². The monoisotopic (exact) mass is 347 g/mol. The van der Waals surface area contributed by atoms with Gasteiger partial charge in [-0.05, 0) is 56.7 Å². The van der Waals surface area contributed by atoms with Crippen LogP contribution in [0.25, 0.3) is 10.9 Å². The van der Waals surface area contributed by atoms with Crippen LogP contribution in [0, 0.1) is 19.7 Å². The van der Waals surface area contributed by atoms with Gasteiger partial charge >= 0.3 is 0 Å². The minimum absolute atomic E-state index is 0. The van der Waals surface area contributed by atoms with Crippen LogP contribution in [0.5, 0.6) is 0 Å². The van der Waals surface area contributed by atoms with E-state index in [2.05, 4.69) is 41.3 Å². The molecular formula is C19H23ClFN3. The molecule has 5 heteroatoms. The highest BCUT2D eigenvalue weighted by Gasteiger charge is 2.15. The zero-order valence-electron chi connectivity index (χ0n) is 14.5. The molecule has 1 aromatic carbocycles. The van der Waals surface area contributed by atoms with E-state index in [1.54, 1.807) is 12.1 Å². The van der Waals surface area contributed by atoms with Crippen LogP contribution >= 0.6 is 12.4 Å². The van der Waals surface area contributed by atoms with Gasteiger partial charge in [0.05, 0.1) is 17.8 Å². The number of rotatable bonds is 4. The molecule has 24 heavy (non-hydrogen) atoms. The highest BCUT2D eigenvalue weighted by atomic mass is 35.5. The van der Waals surface area contributed by atoms with E-state index in [0.717, 1.165) is 17.9 Å². The third-order valence-electron chi connectivity index (χ3n) is 4.59. The largest absolute Gasteiger partial charge is 0.369 e. The third-order valence-corrected chi connectivity index (χ3v) is 4.59. The lowest BCUT2D eigenvalue weighted by molar-refractivity contribution is 0.627. The topological polar surface area (TPSA) is 21.1 Å². The molecule has 0 fully saturated rings. The van der Waals surface area contributed by atoms with Crippen LogP contribution in [0.2, 0.25) is 0 Å². The number of nitrogens with zero attached hydrogens (tertiary/aromatic N) is 3. The summed E-state index contributed by atoms with van der Waals surface area (Å²) in [4.78, 5) is 6.71. The van der Waals surface area contributed by atoms with Crippen molar-refractivity contribution in [2.45, 2.75) is 33.9 Å². The summed E-state index contributed by atoms with van der Waals surface area (Å²) in [5.74, 6) is -0.214. The zero-order valence-corrected chi connectivity index (χ0v) is 15.3. The molecule has 0 aliphatic carbocycles. The van der Waals surface area contributed by atoms with Crippen LogP contribution in [-0.2, 0) is 13.1 Å². The number of aromatic nitrogens is 2. The van der Waals surface area contributed by atoms with E-state index in [-0.39, 0.29) is 18.2 Å². The van der Waals surface area contributed by atoms with Gasteiger partial charge in [0.1, 0.15) is 5.82 Å². The number of pyridine rings is 1. The predicted molar refractivity (Wildman–Crippen MR) is 101 cm³/mol. The van der Waals surface area contributed by atoms with Crippen LogP contribution in [0.15, 0.2) is 36.5 Å². The Morgan fingerprint density at radius 2 is 1.79 bits per heavy atom. The van der Waals surface area contributed by atoms with E-state index < -0.39 is 0 Å². The number of benzene rings is 1. The quantitative estimate of drug-likeness (QED) is 0.671. The standard InChI is InChI=1S/C19H22FN3.ClH/c1-5-23-14(3)13(2)17-10-11-21-18(19(17)23)12-22(4)16-8-6-15(20)7-9-16;/h6-11H,5,12H2,1-4H3;1H. The summed E-state index contributed by atoms with van der Waals surface area (Å²) in [7, 11) is 2.01. The van der Waals surface area contributed by atoms with Crippen molar-refractivity contribution in [3.8, 4) is 0 Å². The Morgan fingerprint density at radius 3 is 2.42 bits per heavy atom. The van der Waals surface area contributed by atoms with E-state index >= 15 is 0 Å². The Morgan fingerprint density at radius 1 is 1.12 bits per heavy atom. The molecule has 3 nitrogen and oxygen atoms in total. The molecule has 0 saturated heterocycles. The first-order valence-electron chi connectivity index (χ1n) is 7.93. The molecule has 0 spiro atoms. The zero-order chi connectivity index (χ0) is 16.6. The Bertz CT molecular complexity index is 840. The number of anilines is 1. The van der Waals surface area contributed by atoms with Crippen molar-refractivity contribution in [3.63, 3.8) is 0 Å². The molecule has 0 atom stereocenters. The Labute approximate surface area is 148 Å². The van der Waals surface area contributed by atoms with Crippen LogP contribution < -0.4 is 4.90 Å². The average molecular weight is 348 g/mol. The second-order valence-electron chi connectivity index (χ2n) is 5.94. The van der Waals surface area contributed by atoms with Crippen LogP contribution in [0.3, 0.4) is 0 Å². The van der Waals surface area contributed by atoms with Gasteiger partial charge in [-0.15, -0.1) is 12.4 Å². The fourth-order valence-corrected chi connectivity index (χ4v) is 3.19. The second kappa shape index (κ2) is 7.22. The molecule has 0 bridgehead atoms. The fourth-order valence-electron chi connectivity index (χ4n) is 3.19. The molecule has 3 rings (SSSR count). The van der Waals surface area contributed by atoms with Gasteiger partial charge in [-0.3, -0.25) is 4.98 Å². The summed E-state index contributed by atoms with van der Waals surface area (Å²) in [6.07, 6.45) is 1.88. The lowest BCUT2D eigenvalue weighted by Crippen LogP contribution is -2.18. The first kappa shape index (κ1) is 18.3. The SMILES string of the molecule is CCn1c(C)c(C)c2ccnc(CN(C)c3ccc(F)cc3)c21.Cl. The summed E-state index contributed by atoms with van der Waals surface area (Å²) >= 11 is 0. The van der Waals surface area contributed by atoms with Gasteiger partial charge in [-0.2, -0.15) is 0 Å². The summed E-state index contributed by atoms with van der Waals surface area (Å²) < 4.78 is 15.4. The molecule has 0 unspecified atom stereocenters. The molecule has 128 valence electrons.